The molecule has 126 valence electrons. The predicted molar refractivity (Wildman–Crippen MR) is 94.4 cm³/mol. The lowest BCUT2D eigenvalue weighted by Crippen LogP contribution is -2.48. The van der Waals surface area contributed by atoms with Crippen LogP contribution in [0.25, 0.3) is 0 Å². The van der Waals surface area contributed by atoms with E-state index in [0.29, 0.717) is 18.7 Å². The SMILES string of the molecule is CSCC(=O)NNC(=O)CCN1CCN(c2ccccc2)CC1. The molecule has 0 radical (unpaired) electrons. The van der Waals surface area contributed by atoms with Crippen molar-refractivity contribution in [2.45, 2.75) is 6.42 Å². The van der Waals surface area contributed by atoms with Gasteiger partial charge in [0.1, 0.15) is 0 Å². The molecule has 0 saturated carbocycles. The molecule has 0 unspecified atom stereocenters. The standard InChI is InChI=1S/C16H24N4O2S/c1-23-13-16(22)18-17-15(21)7-8-19-9-11-20(12-10-19)14-5-3-2-4-6-14/h2-6H,7-13H2,1H3,(H,17,21)(H,18,22). The van der Waals surface area contributed by atoms with Crippen LogP contribution in [0.3, 0.4) is 0 Å². The Morgan fingerprint density at radius 3 is 2.35 bits per heavy atom. The number of piperazine rings is 1. The van der Waals surface area contributed by atoms with Gasteiger partial charge in [-0.2, -0.15) is 11.8 Å². The second kappa shape index (κ2) is 9.42. The third-order valence-corrected chi connectivity index (χ3v) is 4.32. The lowest BCUT2D eigenvalue weighted by Gasteiger charge is -2.36. The number of carbonyl (C=O) groups is 2. The van der Waals surface area contributed by atoms with Crippen LogP contribution in [0.5, 0.6) is 0 Å². The number of rotatable bonds is 6. The minimum absolute atomic E-state index is 0.148. The topological polar surface area (TPSA) is 64.7 Å². The monoisotopic (exact) mass is 336 g/mol. The van der Waals surface area contributed by atoms with E-state index in [-0.39, 0.29) is 11.8 Å². The fourth-order valence-electron chi connectivity index (χ4n) is 2.50. The summed E-state index contributed by atoms with van der Waals surface area (Å²) < 4.78 is 0. The highest BCUT2D eigenvalue weighted by Crippen LogP contribution is 2.15. The molecule has 1 aliphatic heterocycles. The van der Waals surface area contributed by atoms with Gasteiger partial charge < -0.3 is 4.90 Å². The number of nitrogens with zero attached hydrogens (tertiary/aromatic N) is 2. The fraction of sp³-hybridized carbons (Fsp3) is 0.500. The van der Waals surface area contributed by atoms with Crippen molar-refractivity contribution in [2.24, 2.45) is 0 Å². The Kier molecular flexibility index (Phi) is 7.22. The van der Waals surface area contributed by atoms with Gasteiger partial charge in [-0.25, -0.2) is 0 Å². The summed E-state index contributed by atoms with van der Waals surface area (Å²) in [5.41, 5.74) is 6.12. The second-order valence-corrected chi connectivity index (χ2v) is 6.31. The van der Waals surface area contributed by atoms with Gasteiger partial charge in [-0.15, -0.1) is 0 Å². The molecule has 1 fully saturated rings. The number of hydrazine groups is 1. The van der Waals surface area contributed by atoms with E-state index in [2.05, 4.69) is 44.9 Å². The molecular formula is C16H24N4O2S. The number of thioether (sulfide) groups is 1. The first-order valence-corrected chi connectivity index (χ1v) is 9.17. The van der Waals surface area contributed by atoms with Gasteiger partial charge in [-0.3, -0.25) is 25.3 Å². The molecule has 0 bridgehead atoms. The fourth-order valence-corrected chi connectivity index (χ4v) is 2.83. The number of hydrogen-bond acceptors (Lipinski definition) is 5. The maximum Gasteiger partial charge on any atom is 0.248 e. The summed E-state index contributed by atoms with van der Waals surface area (Å²) in [6, 6.07) is 10.4. The second-order valence-electron chi connectivity index (χ2n) is 5.44. The van der Waals surface area contributed by atoms with Gasteiger partial charge in [0.25, 0.3) is 0 Å². The minimum Gasteiger partial charge on any atom is -0.369 e. The van der Waals surface area contributed by atoms with E-state index in [1.807, 2.05) is 12.3 Å². The largest absolute Gasteiger partial charge is 0.369 e. The summed E-state index contributed by atoms with van der Waals surface area (Å²) in [4.78, 5) is 27.6. The van der Waals surface area contributed by atoms with Crippen LogP contribution < -0.4 is 15.8 Å². The van der Waals surface area contributed by atoms with Crippen LogP contribution in [0, 0.1) is 0 Å². The van der Waals surface area contributed by atoms with Gasteiger partial charge in [-0.05, 0) is 18.4 Å². The van der Waals surface area contributed by atoms with Gasteiger partial charge in [-0.1, -0.05) is 18.2 Å². The van der Waals surface area contributed by atoms with Crippen molar-refractivity contribution >= 4 is 29.3 Å². The Bertz CT molecular complexity index is 504. The highest BCUT2D eigenvalue weighted by molar-refractivity contribution is 7.99. The number of benzene rings is 1. The van der Waals surface area contributed by atoms with E-state index in [9.17, 15) is 9.59 Å². The average molecular weight is 336 g/mol. The zero-order valence-electron chi connectivity index (χ0n) is 13.5. The first kappa shape index (κ1) is 17.6. The lowest BCUT2D eigenvalue weighted by atomic mass is 10.2. The summed E-state index contributed by atoms with van der Waals surface area (Å²) in [5, 5.41) is 0. The van der Waals surface area contributed by atoms with Gasteiger partial charge in [0.2, 0.25) is 11.8 Å². The van der Waals surface area contributed by atoms with Crippen molar-refractivity contribution in [3.8, 4) is 0 Å². The third-order valence-electron chi connectivity index (χ3n) is 3.77. The van der Waals surface area contributed by atoms with E-state index in [1.165, 1.54) is 17.4 Å². The lowest BCUT2D eigenvalue weighted by molar-refractivity contribution is -0.127. The van der Waals surface area contributed by atoms with Crippen molar-refractivity contribution < 1.29 is 9.59 Å². The summed E-state index contributed by atoms with van der Waals surface area (Å²) in [7, 11) is 0. The molecule has 2 rings (SSSR count). The molecule has 1 aromatic carbocycles. The van der Waals surface area contributed by atoms with Crippen LogP contribution in [0.2, 0.25) is 0 Å². The first-order chi connectivity index (χ1) is 11.2. The molecule has 23 heavy (non-hydrogen) atoms. The smallest absolute Gasteiger partial charge is 0.248 e. The number of para-hydroxylation sites is 1. The zero-order chi connectivity index (χ0) is 16.5. The van der Waals surface area contributed by atoms with E-state index >= 15 is 0 Å². The van der Waals surface area contributed by atoms with Gasteiger partial charge in [0.05, 0.1) is 5.75 Å². The predicted octanol–water partition coefficient (Wildman–Crippen LogP) is 0.709. The molecule has 2 amide bonds. The van der Waals surface area contributed by atoms with Crippen molar-refractivity contribution in [1.29, 1.82) is 0 Å². The Hall–Kier alpha value is -1.73. The molecule has 1 heterocycles. The summed E-state index contributed by atoms with van der Waals surface area (Å²) >= 11 is 1.42. The van der Waals surface area contributed by atoms with Crippen LogP contribution >= 0.6 is 11.8 Å². The van der Waals surface area contributed by atoms with Crippen LogP contribution in [0.15, 0.2) is 30.3 Å². The average Bonchev–Trinajstić information content (AvgIpc) is 2.59. The summed E-state index contributed by atoms with van der Waals surface area (Å²) in [6.45, 7) is 4.54. The summed E-state index contributed by atoms with van der Waals surface area (Å²) in [6.07, 6.45) is 2.24. The number of nitrogens with one attached hydrogen (secondary N) is 2. The van der Waals surface area contributed by atoms with Crippen molar-refractivity contribution in [1.82, 2.24) is 15.8 Å². The normalized spacial score (nSPS) is 15.3. The molecule has 7 heteroatoms. The van der Waals surface area contributed by atoms with Crippen LogP contribution in [-0.2, 0) is 9.59 Å². The molecule has 1 saturated heterocycles. The van der Waals surface area contributed by atoms with Crippen LogP contribution in [-0.4, -0.2) is 61.4 Å². The van der Waals surface area contributed by atoms with Crippen molar-refractivity contribution in [3.05, 3.63) is 30.3 Å². The molecule has 0 aromatic heterocycles. The van der Waals surface area contributed by atoms with Gasteiger partial charge in [0.15, 0.2) is 0 Å². The quantitative estimate of drug-likeness (QED) is 0.749. The van der Waals surface area contributed by atoms with Crippen molar-refractivity contribution in [3.63, 3.8) is 0 Å². The van der Waals surface area contributed by atoms with E-state index in [0.717, 1.165) is 26.2 Å². The molecule has 6 nitrogen and oxygen atoms in total. The highest BCUT2D eigenvalue weighted by atomic mass is 32.2. The number of amides is 2. The molecule has 0 spiro atoms. The van der Waals surface area contributed by atoms with Crippen LogP contribution in [0.1, 0.15) is 6.42 Å². The molecule has 0 atom stereocenters. The van der Waals surface area contributed by atoms with Gasteiger partial charge in [0, 0.05) is 44.8 Å². The Labute approximate surface area is 141 Å². The molecular weight excluding hydrogens is 312 g/mol. The maximum atomic E-state index is 11.7. The Morgan fingerprint density at radius 2 is 1.70 bits per heavy atom. The highest BCUT2D eigenvalue weighted by Gasteiger charge is 2.17. The minimum atomic E-state index is -0.178. The first-order valence-electron chi connectivity index (χ1n) is 7.78. The third kappa shape index (κ3) is 6.11. The number of anilines is 1. The Morgan fingerprint density at radius 1 is 1.04 bits per heavy atom. The summed E-state index contributed by atoms with van der Waals surface area (Å²) in [5.74, 6) is 0.0223. The van der Waals surface area contributed by atoms with E-state index in [4.69, 9.17) is 0 Å². The van der Waals surface area contributed by atoms with E-state index in [1.54, 1.807) is 0 Å². The number of hydrogen-bond donors (Lipinski definition) is 2. The van der Waals surface area contributed by atoms with Crippen LogP contribution in [0.4, 0.5) is 5.69 Å². The molecule has 2 N–H and O–H groups in total. The maximum absolute atomic E-state index is 11.7. The van der Waals surface area contributed by atoms with Crippen molar-refractivity contribution in [2.75, 3.05) is 49.6 Å². The molecule has 1 aliphatic rings. The number of carbonyl (C=O) groups excluding carboxylic acids is 2. The van der Waals surface area contributed by atoms with E-state index < -0.39 is 0 Å². The molecule has 1 aromatic rings. The Balaban J connectivity index is 1.63. The zero-order valence-corrected chi connectivity index (χ0v) is 14.3. The molecule has 0 aliphatic carbocycles. The van der Waals surface area contributed by atoms with Gasteiger partial charge >= 0.3 is 0 Å².